The van der Waals surface area contributed by atoms with Gasteiger partial charge in [-0.15, -0.1) is 0 Å². The van der Waals surface area contributed by atoms with Crippen molar-refractivity contribution in [3.8, 4) is 0 Å². The van der Waals surface area contributed by atoms with Crippen molar-refractivity contribution in [1.82, 2.24) is 10.3 Å². The van der Waals surface area contributed by atoms with Gasteiger partial charge in [0, 0.05) is 6.54 Å². The molecular weight excluding hydrogens is 247 g/mol. The summed E-state index contributed by atoms with van der Waals surface area (Å²) in [5.41, 5.74) is -0.795. The van der Waals surface area contributed by atoms with Crippen LogP contribution < -0.4 is 5.32 Å². The topological polar surface area (TPSA) is 62.2 Å². The molecule has 1 aromatic rings. The lowest BCUT2D eigenvalue weighted by molar-refractivity contribution is 0.0246. The monoisotopic (exact) mass is 266 g/mol. The molecule has 0 bridgehead atoms. The van der Waals surface area contributed by atoms with Crippen molar-refractivity contribution in [2.75, 3.05) is 6.54 Å². The molecule has 1 aliphatic rings. The van der Waals surface area contributed by atoms with Crippen molar-refractivity contribution in [1.29, 1.82) is 0 Å². The van der Waals surface area contributed by atoms with Crippen LogP contribution in [0.2, 0.25) is 0 Å². The molecule has 4 nitrogen and oxygen atoms in total. The van der Waals surface area contributed by atoms with E-state index in [9.17, 15) is 14.3 Å². The van der Waals surface area contributed by atoms with Crippen molar-refractivity contribution in [2.45, 2.75) is 44.1 Å². The summed E-state index contributed by atoms with van der Waals surface area (Å²) < 4.78 is 12.9. The second-order valence-corrected chi connectivity index (χ2v) is 5.17. The molecule has 0 aliphatic heterocycles. The van der Waals surface area contributed by atoms with Crippen LogP contribution in [0.25, 0.3) is 0 Å². The third-order valence-corrected chi connectivity index (χ3v) is 3.56. The highest BCUT2D eigenvalue weighted by molar-refractivity contribution is 5.92. The number of amides is 1. The van der Waals surface area contributed by atoms with E-state index in [0.29, 0.717) is 12.8 Å². The largest absolute Gasteiger partial charge is 0.388 e. The van der Waals surface area contributed by atoms with Gasteiger partial charge < -0.3 is 10.4 Å². The Morgan fingerprint density at radius 2 is 2.00 bits per heavy atom. The van der Waals surface area contributed by atoms with Gasteiger partial charge in [-0.25, -0.2) is 4.98 Å². The lowest BCUT2D eigenvalue weighted by Crippen LogP contribution is -2.42. The minimum absolute atomic E-state index is 0.0391. The van der Waals surface area contributed by atoms with E-state index in [-0.39, 0.29) is 12.2 Å². The standard InChI is InChI=1S/C14H19FN2O2/c15-12-7-5-6-11(17-12)13(18)16-10-14(19)8-3-1-2-4-9-14/h5-7,19H,1-4,8-10H2,(H,16,18). The number of aliphatic hydroxyl groups is 1. The second kappa shape index (κ2) is 6.10. The summed E-state index contributed by atoms with van der Waals surface area (Å²) in [6, 6.07) is 4.09. The van der Waals surface area contributed by atoms with E-state index >= 15 is 0 Å². The number of hydrogen-bond acceptors (Lipinski definition) is 3. The lowest BCUT2D eigenvalue weighted by Gasteiger charge is -2.26. The first-order chi connectivity index (χ1) is 9.09. The molecule has 5 heteroatoms. The summed E-state index contributed by atoms with van der Waals surface area (Å²) in [6.07, 6.45) is 5.60. The zero-order valence-corrected chi connectivity index (χ0v) is 10.9. The Balaban J connectivity index is 1.92. The molecule has 0 atom stereocenters. The minimum Gasteiger partial charge on any atom is -0.388 e. The first-order valence-corrected chi connectivity index (χ1v) is 6.72. The maximum atomic E-state index is 12.9. The summed E-state index contributed by atoms with van der Waals surface area (Å²) in [5, 5.41) is 13.0. The van der Waals surface area contributed by atoms with Crippen molar-refractivity contribution < 1.29 is 14.3 Å². The summed E-state index contributed by atoms with van der Waals surface area (Å²) in [4.78, 5) is 15.3. The van der Waals surface area contributed by atoms with Gasteiger partial charge in [-0.1, -0.05) is 31.7 Å². The Morgan fingerprint density at radius 1 is 1.32 bits per heavy atom. The summed E-state index contributed by atoms with van der Waals surface area (Å²) in [5.74, 6) is -1.13. The van der Waals surface area contributed by atoms with Crippen LogP contribution >= 0.6 is 0 Å². The average Bonchev–Trinajstić information content (AvgIpc) is 2.61. The van der Waals surface area contributed by atoms with Crippen LogP contribution in [0.5, 0.6) is 0 Å². The number of aromatic nitrogens is 1. The Kier molecular flexibility index (Phi) is 4.47. The molecule has 1 heterocycles. The predicted molar refractivity (Wildman–Crippen MR) is 69.2 cm³/mol. The zero-order chi connectivity index (χ0) is 13.7. The fourth-order valence-corrected chi connectivity index (χ4v) is 2.43. The normalized spacial score (nSPS) is 18.6. The molecule has 2 rings (SSSR count). The van der Waals surface area contributed by atoms with Crippen LogP contribution in [0.3, 0.4) is 0 Å². The van der Waals surface area contributed by atoms with Gasteiger partial charge in [0.15, 0.2) is 0 Å². The van der Waals surface area contributed by atoms with E-state index in [4.69, 9.17) is 0 Å². The smallest absolute Gasteiger partial charge is 0.270 e. The van der Waals surface area contributed by atoms with Gasteiger partial charge in [0.1, 0.15) is 5.69 Å². The van der Waals surface area contributed by atoms with Crippen molar-refractivity contribution in [3.05, 3.63) is 29.8 Å². The van der Waals surface area contributed by atoms with Crippen molar-refractivity contribution >= 4 is 5.91 Å². The maximum absolute atomic E-state index is 12.9. The van der Waals surface area contributed by atoms with Gasteiger partial charge in [-0.05, 0) is 25.0 Å². The molecule has 0 unspecified atom stereocenters. The van der Waals surface area contributed by atoms with Crippen LogP contribution in [0.15, 0.2) is 18.2 Å². The van der Waals surface area contributed by atoms with E-state index in [0.717, 1.165) is 25.7 Å². The number of halogens is 1. The Hall–Kier alpha value is -1.49. The third-order valence-electron chi connectivity index (χ3n) is 3.56. The van der Waals surface area contributed by atoms with Gasteiger partial charge in [-0.3, -0.25) is 4.79 Å². The molecule has 0 spiro atoms. The highest BCUT2D eigenvalue weighted by atomic mass is 19.1. The van der Waals surface area contributed by atoms with E-state index in [1.807, 2.05) is 0 Å². The number of nitrogens with one attached hydrogen (secondary N) is 1. The fourth-order valence-electron chi connectivity index (χ4n) is 2.43. The first kappa shape index (κ1) is 13.9. The molecule has 1 saturated carbocycles. The van der Waals surface area contributed by atoms with Gasteiger partial charge in [0.25, 0.3) is 5.91 Å². The number of carbonyl (C=O) groups is 1. The number of hydrogen-bond donors (Lipinski definition) is 2. The molecular formula is C14H19FN2O2. The highest BCUT2D eigenvalue weighted by Gasteiger charge is 2.28. The third kappa shape index (κ3) is 3.99. The van der Waals surface area contributed by atoms with Crippen LogP contribution in [-0.2, 0) is 0 Å². The van der Waals surface area contributed by atoms with Crippen LogP contribution in [0.1, 0.15) is 49.0 Å². The first-order valence-electron chi connectivity index (χ1n) is 6.72. The van der Waals surface area contributed by atoms with E-state index < -0.39 is 17.5 Å². The minimum atomic E-state index is -0.834. The van der Waals surface area contributed by atoms with E-state index in [2.05, 4.69) is 10.3 Å². The molecule has 1 aromatic heterocycles. The number of pyridine rings is 1. The molecule has 1 amide bonds. The summed E-state index contributed by atoms with van der Waals surface area (Å²) in [7, 11) is 0. The fraction of sp³-hybridized carbons (Fsp3) is 0.571. The zero-order valence-electron chi connectivity index (χ0n) is 10.9. The summed E-state index contributed by atoms with van der Waals surface area (Å²) in [6.45, 7) is 0.198. The lowest BCUT2D eigenvalue weighted by atomic mass is 9.94. The Morgan fingerprint density at radius 3 is 2.63 bits per heavy atom. The predicted octanol–water partition coefficient (Wildman–Crippen LogP) is 2.04. The molecule has 2 N–H and O–H groups in total. The molecule has 1 fully saturated rings. The maximum Gasteiger partial charge on any atom is 0.270 e. The molecule has 0 aromatic carbocycles. The molecule has 19 heavy (non-hydrogen) atoms. The second-order valence-electron chi connectivity index (χ2n) is 5.17. The van der Waals surface area contributed by atoms with Crippen LogP contribution in [-0.4, -0.2) is 28.1 Å². The van der Waals surface area contributed by atoms with E-state index in [1.165, 1.54) is 18.2 Å². The van der Waals surface area contributed by atoms with E-state index in [1.54, 1.807) is 0 Å². The van der Waals surface area contributed by atoms with Crippen LogP contribution in [0.4, 0.5) is 4.39 Å². The molecule has 0 radical (unpaired) electrons. The van der Waals surface area contributed by atoms with Gasteiger partial charge in [0.2, 0.25) is 5.95 Å². The highest BCUT2D eigenvalue weighted by Crippen LogP contribution is 2.26. The average molecular weight is 266 g/mol. The van der Waals surface area contributed by atoms with Crippen molar-refractivity contribution in [3.63, 3.8) is 0 Å². The number of nitrogens with zero attached hydrogens (tertiary/aromatic N) is 1. The van der Waals surface area contributed by atoms with Crippen LogP contribution in [0, 0.1) is 5.95 Å². The Bertz CT molecular complexity index is 443. The number of carbonyl (C=O) groups excluding carboxylic acids is 1. The molecule has 0 saturated heterocycles. The van der Waals surface area contributed by atoms with Gasteiger partial charge >= 0.3 is 0 Å². The van der Waals surface area contributed by atoms with Crippen molar-refractivity contribution in [2.24, 2.45) is 0 Å². The van der Waals surface area contributed by atoms with Gasteiger partial charge in [-0.2, -0.15) is 4.39 Å². The quantitative estimate of drug-likeness (QED) is 0.650. The molecule has 104 valence electrons. The summed E-state index contributed by atoms with van der Waals surface area (Å²) >= 11 is 0. The number of rotatable bonds is 3. The molecule has 1 aliphatic carbocycles. The Labute approximate surface area is 112 Å². The van der Waals surface area contributed by atoms with Gasteiger partial charge in [0.05, 0.1) is 5.60 Å². The SMILES string of the molecule is O=C(NCC1(O)CCCCCC1)c1cccc(F)n1.